The number of hydrogen-bond donors (Lipinski definition) is 3. The van der Waals surface area contributed by atoms with Gasteiger partial charge in [0, 0.05) is 26.3 Å². The maximum Gasteiger partial charge on any atom is 0.241 e. The van der Waals surface area contributed by atoms with E-state index in [1.807, 2.05) is 6.20 Å². The van der Waals surface area contributed by atoms with Gasteiger partial charge in [-0.1, -0.05) is 0 Å². The van der Waals surface area contributed by atoms with E-state index in [0.29, 0.717) is 6.04 Å². The first-order valence-corrected chi connectivity index (χ1v) is 4.98. The van der Waals surface area contributed by atoms with Gasteiger partial charge in [0.2, 0.25) is 5.91 Å². The molecule has 1 saturated heterocycles. The fourth-order valence-corrected chi connectivity index (χ4v) is 1.38. The molecule has 1 aromatic rings. The van der Waals surface area contributed by atoms with E-state index in [0.717, 1.165) is 18.8 Å². The number of nitrogens with zero attached hydrogens (tertiary/aromatic N) is 2. The zero-order valence-electron chi connectivity index (χ0n) is 8.66. The summed E-state index contributed by atoms with van der Waals surface area (Å²) in [6.45, 7) is 2.24. The maximum absolute atomic E-state index is 11.1. The molecule has 0 atom stereocenters. The van der Waals surface area contributed by atoms with E-state index in [2.05, 4.69) is 21.0 Å². The second-order valence-electron chi connectivity index (χ2n) is 3.60. The van der Waals surface area contributed by atoms with Crippen LogP contribution in [0.2, 0.25) is 0 Å². The van der Waals surface area contributed by atoms with Crippen LogP contribution in [-0.2, 0) is 11.3 Å². The van der Waals surface area contributed by atoms with E-state index in [-0.39, 0.29) is 12.5 Å². The minimum absolute atomic E-state index is 0.0463. The molecule has 2 heterocycles. The number of carbonyl (C=O) groups excluding carboxylic acids is 1. The van der Waals surface area contributed by atoms with Crippen molar-refractivity contribution in [2.75, 3.05) is 25.5 Å². The maximum atomic E-state index is 11.1. The Bertz CT molecular complexity index is 344. The SMILES string of the molecule is CNC(=O)Cn1cc(NC2CNC2)cn1. The van der Waals surface area contributed by atoms with Gasteiger partial charge >= 0.3 is 0 Å². The summed E-state index contributed by atoms with van der Waals surface area (Å²) >= 11 is 0. The first-order chi connectivity index (χ1) is 7.28. The predicted octanol–water partition coefficient (Wildman–Crippen LogP) is -0.987. The highest BCUT2D eigenvalue weighted by Crippen LogP contribution is 2.08. The van der Waals surface area contributed by atoms with Gasteiger partial charge in [0.25, 0.3) is 0 Å². The average molecular weight is 209 g/mol. The van der Waals surface area contributed by atoms with Crippen LogP contribution < -0.4 is 16.0 Å². The first kappa shape index (κ1) is 9.97. The lowest BCUT2D eigenvalue weighted by Crippen LogP contribution is -2.51. The predicted molar refractivity (Wildman–Crippen MR) is 56.6 cm³/mol. The Morgan fingerprint density at radius 2 is 2.53 bits per heavy atom. The van der Waals surface area contributed by atoms with Gasteiger partial charge in [-0.25, -0.2) is 0 Å². The van der Waals surface area contributed by atoms with E-state index in [1.54, 1.807) is 17.9 Å². The molecule has 15 heavy (non-hydrogen) atoms. The lowest BCUT2D eigenvalue weighted by atomic mass is 10.2. The number of likely N-dealkylation sites (N-methyl/N-ethyl adjacent to an activating group) is 1. The van der Waals surface area contributed by atoms with Gasteiger partial charge in [-0.05, 0) is 0 Å². The topological polar surface area (TPSA) is 71.0 Å². The van der Waals surface area contributed by atoms with Gasteiger partial charge in [-0.2, -0.15) is 5.10 Å². The number of carbonyl (C=O) groups is 1. The summed E-state index contributed by atoms with van der Waals surface area (Å²) in [6, 6.07) is 0.489. The van der Waals surface area contributed by atoms with Crippen LogP contribution in [-0.4, -0.2) is 41.9 Å². The largest absolute Gasteiger partial charge is 0.377 e. The van der Waals surface area contributed by atoms with Crippen molar-refractivity contribution in [3.05, 3.63) is 12.4 Å². The summed E-state index contributed by atoms with van der Waals surface area (Å²) in [4.78, 5) is 11.1. The Balaban J connectivity index is 1.88. The van der Waals surface area contributed by atoms with Crippen LogP contribution in [0.3, 0.4) is 0 Å². The van der Waals surface area contributed by atoms with Crippen molar-refractivity contribution < 1.29 is 4.79 Å². The fraction of sp³-hybridized carbons (Fsp3) is 0.556. The van der Waals surface area contributed by atoms with Crippen molar-refractivity contribution >= 4 is 11.6 Å². The molecule has 1 amide bonds. The average Bonchev–Trinajstić information content (AvgIpc) is 2.59. The molecule has 0 unspecified atom stereocenters. The van der Waals surface area contributed by atoms with E-state index in [1.165, 1.54) is 0 Å². The highest BCUT2D eigenvalue weighted by Gasteiger charge is 2.16. The van der Waals surface area contributed by atoms with E-state index in [4.69, 9.17) is 0 Å². The standard InChI is InChI=1S/C9H15N5O/c1-10-9(15)6-14-5-8(4-12-14)13-7-2-11-3-7/h4-5,7,11,13H,2-3,6H2,1H3,(H,10,15). The second-order valence-corrected chi connectivity index (χ2v) is 3.60. The van der Waals surface area contributed by atoms with Gasteiger partial charge in [-0.15, -0.1) is 0 Å². The zero-order valence-corrected chi connectivity index (χ0v) is 8.66. The Kier molecular flexibility index (Phi) is 2.86. The molecule has 6 heteroatoms. The number of nitrogens with one attached hydrogen (secondary N) is 3. The van der Waals surface area contributed by atoms with Crippen LogP contribution in [0.1, 0.15) is 0 Å². The molecule has 0 radical (unpaired) electrons. The molecular weight excluding hydrogens is 194 g/mol. The third-order valence-electron chi connectivity index (χ3n) is 2.37. The minimum atomic E-state index is -0.0463. The van der Waals surface area contributed by atoms with E-state index >= 15 is 0 Å². The first-order valence-electron chi connectivity index (χ1n) is 4.98. The van der Waals surface area contributed by atoms with Crippen LogP contribution in [0.15, 0.2) is 12.4 Å². The van der Waals surface area contributed by atoms with Gasteiger partial charge in [0.05, 0.1) is 17.9 Å². The quantitative estimate of drug-likeness (QED) is 0.595. The zero-order chi connectivity index (χ0) is 10.7. The Morgan fingerprint density at radius 1 is 1.73 bits per heavy atom. The fourth-order valence-electron chi connectivity index (χ4n) is 1.38. The van der Waals surface area contributed by atoms with E-state index in [9.17, 15) is 4.79 Å². The van der Waals surface area contributed by atoms with Crippen molar-refractivity contribution in [3.8, 4) is 0 Å². The van der Waals surface area contributed by atoms with Gasteiger partial charge < -0.3 is 16.0 Å². The number of hydrogen-bond acceptors (Lipinski definition) is 4. The van der Waals surface area contributed by atoms with Gasteiger partial charge in [-0.3, -0.25) is 9.48 Å². The van der Waals surface area contributed by atoms with Crippen molar-refractivity contribution in [2.45, 2.75) is 12.6 Å². The molecule has 0 aromatic carbocycles. The van der Waals surface area contributed by atoms with Crippen molar-refractivity contribution in [1.82, 2.24) is 20.4 Å². The molecule has 0 saturated carbocycles. The molecule has 1 aliphatic rings. The second kappa shape index (κ2) is 4.31. The lowest BCUT2D eigenvalue weighted by Gasteiger charge is -2.28. The highest BCUT2D eigenvalue weighted by molar-refractivity contribution is 5.75. The normalized spacial score (nSPS) is 15.8. The third-order valence-corrected chi connectivity index (χ3v) is 2.37. The molecule has 1 fully saturated rings. The summed E-state index contributed by atoms with van der Waals surface area (Å²) in [5, 5.41) is 13.1. The van der Waals surface area contributed by atoms with Gasteiger partial charge in [0.1, 0.15) is 6.54 Å². The van der Waals surface area contributed by atoms with Crippen LogP contribution in [0.25, 0.3) is 0 Å². The van der Waals surface area contributed by atoms with Gasteiger partial charge in [0.15, 0.2) is 0 Å². The molecule has 6 nitrogen and oxygen atoms in total. The summed E-state index contributed by atoms with van der Waals surface area (Å²) in [5.74, 6) is -0.0463. The molecule has 1 aliphatic heterocycles. The van der Waals surface area contributed by atoms with Crippen LogP contribution >= 0.6 is 0 Å². The molecular formula is C9H15N5O. The number of aromatic nitrogens is 2. The Labute approximate surface area is 88.0 Å². The molecule has 1 aromatic heterocycles. The molecule has 82 valence electrons. The van der Waals surface area contributed by atoms with Crippen LogP contribution in [0.5, 0.6) is 0 Å². The minimum Gasteiger partial charge on any atom is -0.377 e. The Hall–Kier alpha value is -1.56. The van der Waals surface area contributed by atoms with Crippen LogP contribution in [0.4, 0.5) is 5.69 Å². The smallest absolute Gasteiger partial charge is 0.241 e. The molecule has 0 aliphatic carbocycles. The summed E-state index contributed by atoms with van der Waals surface area (Å²) in [6.07, 6.45) is 3.58. The molecule has 3 N–H and O–H groups in total. The molecule has 2 rings (SSSR count). The monoisotopic (exact) mass is 209 g/mol. The summed E-state index contributed by atoms with van der Waals surface area (Å²) in [5.41, 5.74) is 0.963. The van der Waals surface area contributed by atoms with E-state index < -0.39 is 0 Å². The summed E-state index contributed by atoms with van der Waals surface area (Å²) in [7, 11) is 1.62. The number of rotatable bonds is 4. The molecule has 0 bridgehead atoms. The Morgan fingerprint density at radius 3 is 3.13 bits per heavy atom. The highest BCUT2D eigenvalue weighted by atomic mass is 16.1. The van der Waals surface area contributed by atoms with Crippen LogP contribution in [0, 0.1) is 0 Å². The number of amides is 1. The number of anilines is 1. The van der Waals surface area contributed by atoms with Crippen molar-refractivity contribution in [3.63, 3.8) is 0 Å². The van der Waals surface area contributed by atoms with Crippen molar-refractivity contribution in [2.24, 2.45) is 0 Å². The van der Waals surface area contributed by atoms with Crippen molar-refractivity contribution in [1.29, 1.82) is 0 Å². The third kappa shape index (κ3) is 2.47. The lowest BCUT2D eigenvalue weighted by molar-refractivity contribution is -0.121. The molecule has 0 spiro atoms. The summed E-state index contributed by atoms with van der Waals surface area (Å²) < 4.78 is 1.62.